The first kappa shape index (κ1) is 18.4. The van der Waals surface area contributed by atoms with Crippen LogP contribution in [0, 0.1) is 0 Å². The number of aromatic nitrogens is 1. The Balaban J connectivity index is 1.26. The maximum Gasteiger partial charge on any atom is 0.273 e. The number of rotatable bonds is 5. The lowest BCUT2D eigenvalue weighted by Crippen LogP contribution is -2.54. The number of hydrogen-bond acceptors (Lipinski definition) is 6. The van der Waals surface area contributed by atoms with Gasteiger partial charge in [-0.15, -0.1) is 0 Å². The van der Waals surface area contributed by atoms with Gasteiger partial charge in [-0.05, 0) is 32.6 Å². The van der Waals surface area contributed by atoms with Gasteiger partial charge in [0.05, 0.1) is 6.54 Å². The molecule has 2 N–H and O–H groups in total. The predicted molar refractivity (Wildman–Crippen MR) is 99.5 cm³/mol. The number of hydrogen-bond donors (Lipinski definition) is 2. The van der Waals surface area contributed by atoms with Crippen LogP contribution in [0.25, 0.3) is 0 Å². The molecule has 2 amide bonds. The number of piperazine rings is 1. The van der Waals surface area contributed by atoms with E-state index in [1.807, 2.05) is 4.90 Å². The summed E-state index contributed by atoms with van der Waals surface area (Å²) in [6.07, 6.45) is 3.78. The molecule has 0 spiro atoms. The van der Waals surface area contributed by atoms with Gasteiger partial charge in [0.2, 0.25) is 5.91 Å². The van der Waals surface area contributed by atoms with E-state index in [-0.39, 0.29) is 23.9 Å². The minimum absolute atomic E-state index is 0.0665. The van der Waals surface area contributed by atoms with Crippen molar-refractivity contribution >= 4 is 11.8 Å². The van der Waals surface area contributed by atoms with Gasteiger partial charge in [0.25, 0.3) is 5.91 Å². The third kappa shape index (κ3) is 4.50. The number of carbonyl (C=O) groups is 2. The zero-order valence-electron chi connectivity index (χ0n) is 15.9. The molecule has 1 saturated carbocycles. The monoisotopic (exact) mass is 375 g/mol. The Hall–Kier alpha value is -1.93. The average Bonchev–Trinajstić information content (AvgIpc) is 3.39. The third-order valence-electron chi connectivity index (χ3n) is 5.84. The molecule has 0 radical (unpaired) electrons. The number of nitrogens with zero attached hydrogens (tertiary/aromatic N) is 3. The fraction of sp³-hybridized carbons (Fsp3) is 0.737. The molecule has 4 rings (SSSR count). The Morgan fingerprint density at radius 2 is 2.04 bits per heavy atom. The largest absolute Gasteiger partial charge is 0.360 e. The minimum Gasteiger partial charge on any atom is -0.360 e. The molecule has 0 aromatic carbocycles. The number of amides is 2. The summed E-state index contributed by atoms with van der Waals surface area (Å²) in [7, 11) is 0. The molecule has 3 fully saturated rings. The standard InChI is InChI=1S/C19H29N5O3/c1-13-10-15(21-19(26)16-11-17(27-22-16)14-2-3-14)4-7-24(13)18(25)12-23-8-5-20-6-9-23/h11,13-15,20H,2-10,12H2,1H3,(H,21,26)/t13-,15?/m1/s1. The van der Waals surface area contributed by atoms with Crippen molar-refractivity contribution in [3.05, 3.63) is 17.5 Å². The van der Waals surface area contributed by atoms with Crippen LogP contribution in [-0.2, 0) is 4.79 Å². The van der Waals surface area contributed by atoms with E-state index in [1.165, 1.54) is 0 Å². The van der Waals surface area contributed by atoms with Crippen LogP contribution in [0.4, 0.5) is 0 Å². The second-order valence-corrected chi connectivity index (χ2v) is 8.05. The molecule has 3 heterocycles. The van der Waals surface area contributed by atoms with E-state index in [1.54, 1.807) is 6.07 Å². The van der Waals surface area contributed by atoms with E-state index in [0.717, 1.165) is 57.6 Å². The lowest BCUT2D eigenvalue weighted by molar-refractivity contribution is -0.136. The van der Waals surface area contributed by atoms with E-state index in [4.69, 9.17) is 4.52 Å². The van der Waals surface area contributed by atoms with Crippen molar-refractivity contribution < 1.29 is 14.1 Å². The van der Waals surface area contributed by atoms with Crippen LogP contribution in [0.15, 0.2) is 10.6 Å². The van der Waals surface area contributed by atoms with Crippen molar-refractivity contribution in [1.29, 1.82) is 0 Å². The van der Waals surface area contributed by atoms with Crippen LogP contribution in [0.1, 0.15) is 54.8 Å². The molecular formula is C19H29N5O3. The normalized spacial score (nSPS) is 26.8. The van der Waals surface area contributed by atoms with Crippen LogP contribution in [0.3, 0.4) is 0 Å². The SMILES string of the molecule is C[C@@H]1CC(NC(=O)c2cc(C3CC3)on2)CCN1C(=O)CN1CCNCC1. The first-order valence-electron chi connectivity index (χ1n) is 10.1. The highest BCUT2D eigenvalue weighted by molar-refractivity contribution is 5.92. The lowest BCUT2D eigenvalue weighted by atomic mass is 9.98. The zero-order chi connectivity index (χ0) is 18.8. The molecule has 3 aliphatic rings. The second-order valence-electron chi connectivity index (χ2n) is 8.05. The summed E-state index contributed by atoms with van der Waals surface area (Å²) in [6.45, 7) is 6.98. The molecule has 1 aromatic heterocycles. The summed E-state index contributed by atoms with van der Waals surface area (Å²) in [4.78, 5) is 29.3. The first-order chi connectivity index (χ1) is 13.1. The number of likely N-dealkylation sites (tertiary alicyclic amines) is 1. The van der Waals surface area contributed by atoms with Crippen LogP contribution < -0.4 is 10.6 Å². The molecule has 0 bridgehead atoms. The van der Waals surface area contributed by atoms with Gasteiger partial charge in [0.15, 0.2) is 5.69 Å². The van der Waals surface area contributed by atoms with Crippen LogP contribution >= 0.6 is 0 Å². The molecular weight excluding hydrogens is 346 g/mol. The summed E-state index contributed by atoms with van der Waals surface area (Å²) >= 11 is 0. The molecule has 1 unspecified atom stereocenters. The highest BCUT2D eigenvalue weighted by atomic mass is 16.5. The van der Waals surface area contributed by atoms with Gasteiger partial charge in [-0.1, -0.05) is 5.16 Å². The van der Waals surface area contributed by atoms with Crippen LogP contribution in [0.5, 0.6) is 0 Å². The Morgan fingerprint density at radius 3 is 2.74 bits per heavy atom. The number of piperidine rings is 1. The molecule has 8 heteroatoms. The average molecular weight is 375 g/mol. The smallest absolute Gasteiger partial charge is 0.273 e. The van der Waals surface area contributed by atoms with Crippen molar-refractivity contribution in [2.24, 2.45) is 0 Å². The topological polar surface area (TPSA) is 90.7 Å². The molecule has 27 heavy (non-hydrogen) atoms. The third-order valence-corrected chi connectivity index (χ3v) is 5.84. The maximum atomic E-state index is 12.7. The lowest BCUT2D eigenvalue weighted by Gasteiger charge is -2.39. The molecule has 148 valence electrons. The van der Waals surface area contributed by atoms with Gasteiger partial charge < -0.3 is 20.1 Å². The quantitative estimate of drug-likeness (QED) is 0.782. The van der Waals surface area contributed by atoms with Crippen molar-refractivity contribution in [3.63, 3.8) is 0 Å². The van der Waals surface area contributed by atoms with Gasteiger partial charge in [0, 0.05) is 56.8 Å². The van der Waals surface area contributed by atoms with Crippen LogP contribution in [0.2, 0.25) is 0 Å². The first-order valence-corrected chi connectivity index (χ1v) is 10.1. The molecule has 2 aliphatic heterocycles. The molecule has 2 atom stereocenters. The van der Waals surface area contributed by atoms with Gasteiger partial charge >= 0.3 is 0 Å². The van der Waals surface area contributed by atoms with Crippen molar-refractivity contribution in [3.8, 4) is 0 Å². The Kier molecular flexibility index (Phi) is 5.45. The summed E-state index contributed by atoms with van der Waals surface area (Å²) in [6, 6.07) is 1.96. The Labute approximate surface area is 159 Å². The molecule has 1 aromatic rings. The number of nitrogens with one attached hydrogen (secondary N) is 2. The predicted octanol–water partition coefficient (Wildman–Crippen LogP) is 0.567. The van der Waals surface area contributed by atoms with Gasteiger partial charge in [0.1, 0.15) is 5.76 Å². The fourth-order valence-electron chi connectivity index (χ4n) is 4.04. The molecule has 2 saturated heterocycles. The number of carbonyl (C=O) groups excluding carboxylic acids is 2. The Morgan fingerprint density at radius 1 is 1.26 bits per heavy atom. The molecule has 8 nitrogen and oxygen atoms in total. The summed E-state index contributed by atoms with van der Waals surface area (Å²) in [5.41, 5.74) is 0.363. The van der Waals surface area contributed by atoms with Crippen molar-refractivity contribution in [2.45, 2.75) is 50.6 Å². The summed E-state index contributed by atoms with van der Waals surface area (Å²) in [5, 5.41) is 10.3. The second kappa shape index (κ2) is 7.98. The molecule has 1 aliphatic carbocycles. The van der Waals surface area contributed by atoms with Gasteiger partial charge in [-0.2, -0.15) is 0 Å². The Bertz CT molecular complexity index is 681. The minimum atomic E-state index is -0.177. The highest BCUT2D eigenvalue weighted by Gasteiger charge is 2.32. The zero-order valence-corrected chi connectivity index (χ0v) is 15.9. The van der Waals surface area contributed by atoms with E-state index in [0.29, 0.717) is 24.7 Å². The van der Waals surface area contributed by atoms with E-state index < -0.39 is 0 Å². The summed E-state index contributed by atoms with van der Waals surface area (Å²) < 4.78 is 5.27. The van der Waals surface area contributed by atoms with E-state index in [2.05, 4.69) is 27.6 Å². The van der Waals surface area contributed by atoms with E-state index >= 15 is 0 Å². The van der Waals surface area contributed by atoms with Gasteiger partial charge in [-0.3, -0.25) is 14.5 Å². The van der Waals surface area contributed by atoms with Crippen molar-refractivity contribution in [1.82, 2.24) is 25.6 Å². The van der Waals surface area contributed by atoms with E-state index in [9.17, 15) is 9.59 Å². The highest BCUT2D eigenvalue weighted by Crippen LogP contribution is 2.40. The van der Waals surface area contributed by atoms with Crippen molar-refractivity contribution in [2.75, 3.05) is 39.3 Å². The van der Waals surface area contributed by atoms with Gasteiger partial charge in [-0.25, -0.2) is 0 Å². The summed E-state index contributed by atoms with van der Waals surface area (Å²) in [5.74, 6) is 1.29. The van der Waals surface area contributed by atoms with Crippen LogP contribution in [-0.4, -0.2) is 78.1 Å². The maximum absolute atomic E-state index is 12.7. The fourth-order valence-corrected chi connectivity index (χ4v) is 4.04.